The molecule has 21 heavy (non-hydrogen) atoms. The zero-order chi connectivity index (χ0) is 15.2. The van der Waals surface area contributed by atoms with E-state index in [0.29, 0.717) is 5.69 Å². The molecule has 0 spiro atoms. The van der Waals surface area contributed by atoms with Crippen molar-refractivity contribution in [1.82, 2.24) is 0 Å². The predicted molar refractivity (Wildman–Crippen MR) is 78.1 cm³/mol. The van der Waals surface area contributed by atoms with E-state index in [1.807, 2.05) is 6.07 Å². The number of amides is 1. The van der Waals surface area contributed by atoms with E-state index in [4.69, 9.17) is 9.84 Å². The second-order valence-electron chi connectivity index (χ2n) is 4.45. The average Bonchev–Trinajstić information content (AvgIpc) is 2.48. The van der Waals surface area contributed by atoms with Crippen LogP contribution in [0.2, 0.25) is 0 Å². The Bertz CT molecular complexity index is 622. The molecular weight excluding hydrogens is 270 g/mol. The molecule has 1 atom stereocenters. The highest BCUT2D eigenvalue weighted by Gasteiger charge is 2.18. The fourth-order valence-corrected chi connectivity index (χ4v) is 1.65. The fraction of sp³-hybridized carbons (Fsp3) is 0.125. The molecule has 0 aliphatic heterocycles. The van der Waals surface area contributed by atoms with Crippen molar-refractivity contribution < 1.29 is 19.4 Å². The van der Waals surface area contributed by atoms with E-state index >= 15 is 0 Å². The van der Waals surface area contributed by atoms with Crippen LogP contribution in [0.15, 0.2) is 54.6 Å². The zero-order valence-electron chi connectivity index (χ0n) is 11.4. The van der Waals surface area contributed by atoms with Gasteiger partial charge in [-0.25, -0.2) is 4.79 Å². The van der Waals surface area contributed by atoms with Gasteiger partial charge in [-0.2, -0.15) is 0 Å². The molecule has 0 unspecified atom stereocenters. The summed E-state index contributed by atoms with van der Waals surface area (Å²) in [6, 6.07) is 14.5. The van der Waals surface area contributed by atoms with Gasteiger partial charge in [0.15, 0.2) is 6.10 Å². The van der Waals surface area contributed by atoms with Crippen LogP contribution in [0.3, 0.4) is 0 Å². The second kappa shape index (κ2) is 6.56. The van der Waals surface area contributed by atoms with E-state index in [-0.39, 0.29) is 11.3 Å². The number of hydrogen-bond donors (Lipinski definition) is 2. The number of hydrogen-bond acceptors (Lipinski definition) is 4. The topological polar surface area (TPSA) is 75.6 Å². The first kappa shape index (κ1) is 14.6. The Morgan fingerprint density at radius 2 is 1.67 bits per heavy atom. The number of rotatable bonds is 4. The third-order valence-corrected chi connectivity index (χ3v) is 2.80. The number of benzene rings is 2. The van der Waals surface area contributed by atoms with Crippen molar-refractivity contribution in [3.63, 3.8) is 0 Å². The summed E-state index contributed by atoms with van der Waals surface area (Å²) in [5.41, 5.74) is 0.905. The van der Waals surface area contributed by atoms with E-state index < -0.39 is 18.0 Å². The Morgan fingerprint density at radius 1 is 1.05 bits per heavy atom. The van der Waals surface area contributed by atoms with E-state index in [0.717, 1.165) is 0 Å². The van der Waals surface area contributed by atoms with Gasteiger partial charge in [0.05, 0.1) is 5.56 Å². The number of carbonyl (C=O) groups excluding carboxylic acids is 2. The summed E-state index contributed by atoms with van der Waals surface area (Å²) in [4.78, 5) is 23.7. The molecule has 0 radical (unpaired) electrons. The number of phenols is 1. The lowest BCUT2D eigenvalue weighted by Gasteiger charge is -2.13. The first-order valence-corrected chi connectivity index (χ1v) is 6.42. The maximum atomic E-state index is 11.9. The molecule has 0 bridgehead atoms. The van der Waals surface area contributed by atoms with Crippen molar-refractivity contribution in [1.29, 1.82) is 0 Å². The smallest absolute Gasteiger partial charge is 0.338 e. The lowest BCUT2D eigenvalue weighted by atomic mass is 10.2. The minimum Gasteiger partial charge on any atom is -0.508 e. The number of phenolic OH excluding ortho intramolecular Hbond substituents is 1. The molecule has 2 rings (SSSR count). The molecule has 0 fully saturated rings. The van der Waals surface area contributed by atoms with Crippen molar-refractivity contribution in [2.24, 2.45) is 0 Å². The first-order chi connectivity index (χ1) is 10.1. The fourth-order valence-electron chi connectivity index (χ4n) is 1.65. The van der Waals surface area contributed by atoms with Crippen molar-refractivity contribution >= 4 is 17.6 Å². The molecular formula is C16H15NO4. The summed E-state index contributed by atoms with van der Waals surface area (Å²) in [6.07, 6.45) is -0.925. The monoisotopic (exact) mass is 285 g/mol. The third-order valence-electron chi connectivity index (χ3n) is 2.80. The third kappa shape index (κ3) is 4.07. The SMILES string of the molecule is C[C@H](OC(=O)c1ccc(O)cc1)C(=O)Nc1ccccc1. The molecule has 0 aliphatic rings. The summed E-state index contributed by atoms with van der Waals surface area (Å²) in [7, 11) is 0. The summed E-state index contributed by atoms with van der Waals surface area (Å²) in [5.74, 6) is -0.972. The average molecular weight is 285 g/mol. The van der Waals surface area contributed by atoms with Crippen molar-refractivity contribution in [2.45, 2.75) is 13.0 Å². The van der Waals surface area contributed by atoms with Gasteiger partial charge in [-0.1, -0.05) is 18.2 Å². The molecule has 108 valence electrons. The molecule has 2 N–H and O–H groups in total. The Hall–Kier alpha value is -2.82. The van der Waals surface area contributed by atoms with Crippen molar-refractivity contribution in [3.8, 4) is 5.75 Å². The number of nitrogens with one attached hydrogen (secondary N) is 1. The number of anilines is 1. The van der Waals surface area contributed by atoms with E-state index in [1.54, 1.807) is 24.3 Å². The molecule has 5 nitrogen and oxygen atoms in total. The van der Waals surface area contributed by atoms with Crippen molar-refractivity contribution in [2.75, 3.05) is 5.32 Å². The number of esters is 1. The van der Waals surface area contributed by atoms with Gasteiger partial charge < -0.3 is 15.2 Å². The van der Waals surface area contributed by atoms with E-state index in [1.165, 1.54) is 31.2 Å². The minimum atomic E-state index is -0.925. The Kier molecular flexibility index (Phi) is 4.56. The van der Waals surface area contributed by atoms with Gasteiger partial charge in [0.1, 0.15) is 5.75 Å². The second-order valence-corrected chi connectivity index (χ2v) is 4.45. The van der Waals surface area contributed by atoms with Crippen LogP contribution in [0.25, 0.3) is 0 Å². The lowest BCUT2D eigenvalue weighted by molar-refractivity contribution is -0.123. The van der Waals surface area contributed by atoms with Crippen LogP contribution in [0, 0.1) is 0 Å². The van der Waals surface area contributed by atoms with Crippen LogP contribution in [-0.4, -0.2) is 23.1 Å². The number of carbonyl (C=O) groups is 2. The number of para-hydroxylation sites is 1. The van der Waals surface area contributed by atoms with Gasteiger partial charge in [-0.15, -0.1) is 0 Å². The molecule has 0 saturated heterocycles. The standard InChI is InChI=1S/C16H15NO4/c1-11(15(19)17-13-5-3-2-4-6-13)21-16(20)12-7-9-14(18)10-8-12/h2-11,18H,1H3,(H,17,19)/t11-/m0/s1. The van der Waals surface area contributed by atoms with Gasteiger partial charge in [-0.3, -0.25) is 4.79 Å². The van der Waals surface area contributed by atoms with Gasteiger partial charge in [-0.05, 0) is 43.3 Å². The largest absolute Gasteiger partial charge is 0.508 e. The first-order valence-electron chi connectivity index (χ1n) is 6.42. The Morgan fingerprint density at radius 3 is 2.29 bits per heavy atom. The highest BCUT2D eigenvalue weighted by atomic mass is 16.5. The number of ether oxygens (including phenoxy) is 1. The lowest BCUT2D eigenvalue weighted by Crippen LogP contribution is -2.29. The molecule has 0 saturated carbocycles. The van der Waals surface area contributed by atoms with Crippen LogP contribution in [-0.2, 0) is 9.53 Å². The maximum absolute atomic E-state index is 11.9. The quantitative estimate of drug-likeness (QED) is 0.847. The highest BCUT2D eigenvalue weighted by molar-refractivity contribution is 5.97. The van der Waals surface area contributed by atoms with Gasteiger partial charge in [0, 0.05) is 5.69 Å². The maximum Gasteiger partial charge on any atom is 0.338 e. The highest BCUT2D eigenvalue weighted by Crippen LogP contribution is 2.12. The Labute approximate surface area is 122 Å². The molecule has 0 aliphatic carbocycles. The number of aromatic hydroxyl groups is 1. The van der Waals surface area contributed by atoms with Crippen LogP contribution in [0.5, 0.6) is 5.75 Å². The Balaban J connectivity index is 1.94. The van der Waals surface area contributed by atoms with Gasteiger partial charge in [0.2, 0.25) is 0 Å². The molecule has 0 heterocycles. The zero-order valence-corrected chi connectivity index (χ0v) is 11.4. The molecule has 0 aromatic heterocycles. The summed E-state index contributed by atoms with van der Waals surface area (Å²) >= 11 is 0. The van der Waals surface area contributed by atoms with Crippen LogP contribution >= 0.6 is 0 Å². The minimum absolute atomic E-state index is 0.0569. The predicted octanol–water partition coefficient (Wildman–Crippen LogP) is 2.58. The van der Waals surface area contributed by atoms with Crippen LogP contribution < -0.4 is 5.32 Å². The van der Waals surface area contributed by atoms with Crippen LogP contribution in [0.4, 0.5) is 5.69 Å². The summed E-state index contributed by atoms with van der Waals surface area (Å²) < 4.78 is 5.08. The van der Waals surface area contributed by atoms with E-state index in [2.05, 4.69) is 5.32 Å². The summed E-state index contributed by atoms with van der Waals surface area (Å²) in [5, 5.41) is 11.8. The molecule has 2 aromatic rings. The van der Waals surface area contributed by atoms with Crippen molar-refractivity contribution in [3.05, 3.63) is 60.2 Å². The van der Waals surface area contributed by atoms with E-state index in [9.17, 15) is 9.59 Å². The molecule has 1 amide bonds. The van der Waals surface area contributed by atoms with Gasteiger partial charge in [0.25, 0.3) is 5.91 Å². The molecule has 2 aromatic carbocycles. The normalized spacial score (nSPS) is 11.5. The van der Waals surface area contributed by atoms with Gasteiger partial charge >= 0.3 is 5.97 Å². The molecule has 5 heteroatoms. The van der Waals surface area contributed by atoms with Crippen LogP contribution in [0.1, 0.15) is 17.3 Å². The summed E-state index contributed by atoms with van der Waals surface area (Å²) in [6.45, 7) is 1.50.